The molecule has 5 atom stereocenters. The van der Waals surface area contributed by atoms with Crippen molar-refractivity contribution in [3.63, 3.8) is 0 Å². The zero-order valence-electron chi connectivity index (χ0n) is 18.4. The zero-order chi connectivity index (χ0) is 21.3. The molecule has 2 saturated heterocycles. The maximum absolute atomic E-state index is 13.5. The maximum Gasteiger partial charge on any atom is 0.249 e. The SMILES string of the molecule is COCCOCC(=O)N1[C@@H](Cc2ccccc2)[C@@H]2C[C@@]3(C)[C@H](CCC[C@@H]13)N2C(C)=O. The van der Waals surface area contributed by atoms with Gasteiger partial charge in [0, 0.05) is 31.5 Å². The first-order valence-electron chi connectivity index (χ1n) is 11.2. The molecule has 0 unspecified atom stereocenters. The van der Waals surface area contributed by atoms with Gasteiger partial charge in [-0.2, -0.15) is 0 Å². The molecule has 3 fully saturated rings. The molecule has 2 amide bonds. The van der Waals surface area contributed by atoms with Gasteiger partial charge < -0.3 is 19.3 Å². The van der Waals surface area contributed by atoms with Crippen molar-refractivity contribution in [2.45, 2.75) is 70.1 Å². The van der Waals surface area contributed by atoms with Crippen molar-refractivity contribution < 1.29 is 19.1 Å². The Labute approximate surface area is 179 Å². The van der Waals surface area contributed by atoms with Gasteiger partial charge in [-0.15, -0.1) is 0 Å². The number of hydrogen-bond donors (Lipinski definition) is 0. The van der Waals surface area contributed by atoms with Gasteiger partial charge >= 0.3 is 0 Å². The molecule has 1 aromatic rings. The van der Waals surface area contributed by atoms with Gasteiger partial charge in [0.05, 0.1) is 25.3 Å². The molecule has 1 aromatic carbocycles. The highest BCUT2D eigenvalue weighted by atomic mass is 16.5. The van der Waals surface area contributed by atoms with E-state index in [9.17, 15) is 9.59 Å². The lowest BCUT2D eigenvalue weighted by Crippen LogP contribution is -2.63. The van der Waals surface area contributed by atoms with Gasteiger partial charge in [0.1, 0.15) is 6.61 Å². The number of hydrogen-bond acceptors (Lipinski definition) is 4. The fourth-order valence-electron chi connectivity index (χ4n) is 6.37. The van der Waals surface area contributed by atoms with Crippen LogP contribution in [0.2, 0.25) is 0 Å². The van der Waals surface area contributed by atoms with E-state index in [-0.39, 0.29) is 48.0 Å². The molecule has 6 nitrogen and oxygen atoms in total. The number of benzene rings is 1. The van der Waals surface area contributed by atoms with Crippen molar-refractivity contribution in [3.05, 3.63) is 35.9 Å². The molecular formula is C24H34N2O4. The first-order valence-corrected chi connectivity index (χ1v) is 11.2. The summed E-state index contributed by atoms with van der Waals surface area (Å²) in [6, 6.07) is 10.8. The largest absolute Gasteiger partial charge is 0.382 e. The van der Waals surface area contributed by atoms with Crippen LogP contribution in [0.3, 0.4) is 0 Å². The molecule has 0 N–H and O–H groups in total. The van der Waals surface area contributed by atoms with E-state index in [4.69, 9.17) is 9.47 Å². The highest BCUT2D eigenvalue weighted by Gasteiger charge is 2.64. The molecule has 1 saturated carbocycles. The van der Waals surface area contributed by atoms with Crippen molar-refractivity contribution in [1.29, 1.82) is 0 Å². The minimum Gasteiger partial charge on any atom is -0.382 e. The van der Waals surface area contributed by atoms with Crippen LogP contribution < -0.4 is 0 Å². The van der Waals surface area contributed by atoms with Gasteiger partial charge in [-0.05, 0) is 37.7 Å². The molecule has 0 aromatic heterocycles. The van der Waals surface area contributed by atoms with Crippen LogP contribution >= 0.6 is 0 Å². The van der Waals surface area contributed by atoms with E-state index in [2.05, 4.69) is 28.9 Å². The van der Waals surface area contributed by atoms with E-state index in [0.29, 0.717) is 13.2 Å². The quantitative estimate of drug-likeness (QED) is 0.644. The molecule has 2 bridgehead atoms. The van der Waals surface area contributed by atoms with Crippen LogP contribution in [-0.2, 0) is 25.5 Å². The summed E-state index contributed by atoms with van der Waals surface area (Å²) in [4.78, 5) is 30.4. The van der Waals surface area contributed by atoms with E-state index >= 15 is 0 Å². The van der Waals surface area contributed by atoms with Crippen LogP contribution in [0.25, 0.3) is 0 Å². The first-order chi connectivity index (χ1) is 14.5. The van der Waals surface area contributed by atoms with E-state index < -0.39 is 0 Å². The number of ether oxygens (including phenoxy) is 2. The fourth-order valence-corrected chi connectivity index (χ4v) is 6.37. The Bertz CT molecular complexity index is 770. The summed E-state index contributed by atoms with van der Waals surface area (Å²) in [6.07, 6.45) is 4.83. The minimum absolute atomic E-state index is 0.0176. The predicted molar refractivity (Wildman–Crippen MR) is 114 cm³/mol. The number of carbonyl (C=O) groups excluding carboxylic acids is 2. The average Bonchev–Trinajstić information content (AvgIpc) is 3.04. The second kappa shape index (κ2) is 8.67. The number of piperidine rings is 1. The summed E-state index contributed by atoms with van der Waals surface area (Å²) in [6.45, 7) is 4.94. The summed E-state index contributed by atoms with van der Waals surface area (Å²) >= 11 is 0. The van der Waals surface area contributed by atoms with Crippen molar-refractivity contribution >= 4 is 11.8 Å². The lowest BCUT2D eigenvalue weighted by molar-refractivity contribution is -0.150. The molecule has 4 rings (SSSR count). The van der Waals surface area contributed by atoms with Crippen LogP contribution in [-0.4, -0.2) is 72.7 Å². The third-order valence-electron chi connectivity index (χ3n) is 7.55. The zero-order valence-corrected chi connectivity index (χ0v) is 18.4. The van der Waals surface area contributed by atoms with Crippen LogP contribution in [0.1, 0.15) is 45.1 Å². The Kier molecular flexibility index (Phi) is 6.16. The van der Waals surface area contributed by atoms with E-state index in [1.807, 2.05) is 18.2 Å². The summed E-state index contributed by atoms with van der Waals surface area (Å²) in [7, 11) is 1.63. The Hall–Kier alpha value is -1.92. The first kappa shape index (κ1) is 21.3. The highest BCUT2D eigenvalue weighted by Crippen LogP contribution is 2.56. The molecule has 2 heterocycles. The smallest absolute Gasteiger partial charge is 0.249 e. The van der Waals surface area contributed by atoms with Crippen LogP contribution in [0.15, 0.2) is 30.3 Å². The molecule has 2 aliphatic heterocycles. The third kappa shape index (κ3) is 3.65. The van der Waals surface area contributed by atoms with Crippen LogP contribution in [0, 0.1) is 5.41 Å². The Morgan fingerprint density at radius 1 is 1.10 bits per heavy atom. The van der Waals surface area contributed by atoms with Crippen LogP contribution in [0.4, 0.5) is 0 Å². The van der Waals surface area contributed by atoms with Gasteiger partial charge in [-0.3, -0.25) is 9.59 Å². The molecule has 1 aliphatic carbocycles. The summed E-state index contributed by atoms with van der Waals surface area (Å²) < 4.78 is 10.7. The lowest BCUT2D eigenvalue weighted by Gasteiger charge is -2.53. The molecular weight excluding hydrogens is 380 g/mol. The number of rotatable bonds is 7. The topological polar surface area (TPSA) is 59.1 Å². The van der Waals surface area contributed by atoms with Gasteiger partial charge in [0.25, 0.3) is 0 Å². The summed E-state index contributed by atoms with van der Waals surface area (Å²) in [5.74, 6) is 0.178. The molecule has 164 valence electrons. The normalized spacial score (nSPS) is 32.4. The number of nitrogens with zero attached hydrogens (tertiary/aromatic N) is 2. The fraction of sp³-hybridized carbons (Fsp3) is 0.667. The van der Waals surface area contributed by atoms with Gasteiger partial charge in [-0.25, -0.2) is 0 Å². The molecule has 0 spiro atoms. The average molecular weight is 415 g/mol. The molecule has 0 radical (unpaired) electrons. The lowest BCUT2D eigenvalue weighted by atomic mass is 9.64. The number of amides is 2. The van der Waals surface area contributed by atoms with Gasteiger partial charge in [0.2, 0.25) is 11.8 Å². The predicted octanol–water partition coefficient (Wildman–Crippen LogP) is 2.65. The second-order valence-corrected chi connectivity index (χ2v) is 9.27. The van der Waals surface area contributed by atoms with Crippen molar-refractivity contribution in [2.24, 2.45) is 5.41 Å². The minimum atomic E-state index is -0.0377. The standard InChI is InChI=1S/C24H34N2O4/c1-17(27)25-20-15-24(2)21(25)10-7-11-22(24)26(23(28)16-30-13-12-29-3)19(20)14-18-8-5-4-6-9-18/h4-6,8-9,19-22H,7,10-16H2,1-3H3/t19-,20-,21-,22+,24-/m0/s1. The molecule has 6 heteroatoms. The third-order valence-corrected chi connectivity index (χ3v) is 7.55. The highest BCUT2D eigenvalue weighted by molar-refractivity contribution is 5.80. The van der Waals surface area contributed by atoms with E-state index in [0.717, 1.165) is 32.1 Å². The number of fused-ring (bicyclic) bond motifs is 1. The molecule has 30 heavy (non-hydrogen) atoms. The number of likely N-dealkylation sites (tertiary alicyclic amines) is 2. The monoisotopic (exact) mass is 414 g/mol. The second-order valence-electron chi connectivity index (χ2n) is 9.27. The van der Waals surface area contributed by atoms with Gasteiger partial charge in [0.15, 0.2) is 0 Å². The van der Waals surface area contributed by atoms with Crippen molar-refractivity contribution in [3.8, 4) is 0 Å². The Balaban J connectivity index is 1.67. The summed E-state index contributed by atoms with van der Waals surface area (Å²) in [5.41, 5.74) is 1.17. The van der Waals surface area contributed by atoms with Crippen LogP contribution in [0.5, 0.6) is 0 Å². The number of methoxy groups -OCH3 is 1. The van der Waals surface area contributed by atoms with Crippen molar-refractivity contribution in [2.75, 3.05) is 26.9 Å². The Morgan fingerprint density at radius 3 is 2.47 bits per heavy atom. The maximum atomic E-state index is 13.5. The van der Waals surface area contributed by atoms with E-state index in [1.54, 1.807) is 14.0 Å². The van der Waals surface area contributed by atoms with Gasteiger partial charge in [-0.1, -0.05) is 37.3 Å². The van der Waals surface area contributed by atoms with E-state index in [1.165, 1.54) is 5.56 Å². The number of carbonyl (C=O) groups is 2. The summed E-state index contributed by atoms with van der Waals surface area (Å²) in [5, 5.41) is 0. The van der Waals surface area contributed by atoms with Crippen molar-refractivity contribution in [1.82, 2.24) is 9.80 Å². The Morgan fingerprint density at radius 2 is 1.80 bits per heavy atom. The molecule has 3 aliphatic rings.